The van der Waals surface area contributed by atoms with Gasteiger partial charge in [0.15, 0.2) is 0 Å². The smallest absolute Gasteiger partial charge is 0.325 e. The number of carbonyl (C=O) groups is 1. The van der Waals surface area contributed by atoms with Crippen molar-refractivity contribution in [1.82, 2.24) is 4.90 Å². The van der Waals surface area contributed by atoms with Gasteiger partial charge in [-0.3, -0.25) is 9.69 Å². The molecule has 14 heavy (non-hydrogen) atoms. The quantitative estimate of drug-likeness (QED) is 0.634. The summed E-state index contributed by atoms with van der Waals surface area (Å²) in [5.41, 5.74) is -0.469. The minimum absolute atomic E-state index is 0.133. The molecule has 0 saturated carbocycles. The predicted octanol–water partition coefficient (Wildman–Crippen LogP) is 1.67. The summed E-state index contributed by atoms with van der Waals surface area (Å²) in [5.74, 6) is 0.555. The highest BCUT2D eigenvalue weighted by atomic mass is 16.5. The van der Waals surface area contributed by atoms with Crippen molar-refractivity contribution < 1.29 is 9.53 Å². The molecule has 0 aromatic heterocycles. The molecule has 0 aromatic rings. The minimum atomic E-state index is -0.469. The summed E-state index contributed by atoms with van der Waals surface area (Å²) in [6, 6.07) is 0. The Hall–Kier alpha value is -0.570. The van der Waals surface area contributed by atoms with Crippen molar-refractivity contribution in [2.75, 3.05) is 20.2 Å². The molecule has 3 heteroatoms. The van der Waals surface area contributed by atoms with Crippen LogP contribution in [0.2, 0.25) is 0 Å². The zero-order chi connectivity index (χ0) is 10.8. The lowest BCUT2D eigenvalue weighted by molar-refractivity contribution is -0.154. The number of rotatable bonds is 2. The first kappa shape index (κ1) is 11.5. The Kier molecular flexibility index (Phi) is 3.53. The summed E-state index contributed by atoms with van der Waals surface area (Å²) in [6.45, 7) is 8.13. The maximum Gasteiger partial charge on any atom is 0.325 e. The lowest BCUT2D eigenvalue weighted by atomic mass is 9.94. The van der Waals surface area contributed by atoms with Gasteiger partial charge in [-0.2, -0.15) is 0 Å². The molecule has 1 rings (SSSR count). The number of ether oxygens (including phenoxy) is 1. The van der Waals surface area contributed by atoms with Crippen LogP contribution in [0.25, 0.3) is 0 Å². The number of likely N-dealkylation sites (tertiary alicyclic amines) is 1. The maximum atomic E-state index is 11.6. The highest BCUT2D eigenvalue weighted by molar-refractivity contribution is 5.79. The van der Waals surface area contributed by atoms with Crippen molar-refractivity contribution in [3.8, 4) is 0 Å². The van der Waals surface area contributed by atoms with Gasteiger partial charge in [0, 0.05) is 6.54 Å². The zero-order valence-electron chi connectivity index (χ0n) is 9.67. The molecule has 1 atom stereocenters. The van der Waals surface area contributed by atoms with Gasteiger partial charge in [0.05, 0.1) is 7.11 Å². The molecule has 1 unspecified atom stereocenters. The molecule has 0 bridgehead atoms. The van der Waals surface area contributed by atoms with Crippen molar-refractivity contribution in [2.45, 2.75) is 39.2 Å². The van der Waals surface area contributed by atoms with Crippen molar-refractivity contribution in [1.29, 1.82) is 0 Å². The molecule has 1 aliphatic rings. The second-order valence-corrected chi connectivity index (χ2v) is 4.74. The summed E-state index contributed by atoms with van der Waals surface area (Å²) in [6.07, 6.45) is 2.45. The van der Waals surface area contributed by atoms with E-state index in [1.165, 1.54) is 20.0 Å². The maximum absolute atomic E-state index is 11.6. The molecule has 0 aliphatic carbocycles. The highest BCUT2D eigenvalue weighted by Crippen LogP contribution is 2.24. The molecule has 0 aromatic carbocycles. The summed E-state index contributed by atoms with van der Waals surface area (Å²) in [5, 5.41) is 0. The van der Waals surface area contributed by atoms with E-state index in [4.69, 9.17) is 4.74 Å². The van der Waals surface area contributed by atoms with Crippen LogP contribution in [0.1, 0.15) is 33.6 Å². The Bertz CT molecular complexity index is 213. The number of methoxy groups -OCH3 is 1. The Labute approximate surface area is 86.4 Å². The van der Waals surface area contributed by atoms with Gasteiger partial charge in [-0.25, -0.2) is 0 Å². The third kappa shape index (κ3) is 2.27. The van der Waals surface area contributed by atoms with E-state index in [1.54, 1.807) is 0 Å². The molecular formula is C11H21NO2. The lowest BCUT2D eigenvalue weighted by Crippen LogP contribution is -2.54. The van der Waals surface area contributed by atoms with Crippen molar-refractivity contribution in [2.24, 2.45) is 5.92 Å². The van der Waals surface area contributed by atoms with Crippen LogP contribution in [-0.4, -0.2) is 36.6 Å². The van der Waals surface area contributed by atoms with Gasteiger partial charge in [0.25, 0.3) is 0 Å². The van der Waals surface area contributed by atoms with Crippen LogP contribution in [0, 0.1) is 5.92 Å². The fourth-order valence-electron chi connectivity index (χ4n) is 2.08. The SMILES string of the molecule is COC(=O)C(C)(C)N1CCCC(C)C1. The van der Waals surface area contributed by atoms with Crippen LogP contribution in [0.3, 0.4) is 0 Å². The largest absolute Gasteiger partial charge is 0.468 e. The van der Waals surface area contributed by atoms with Gasteiger partial charge in [-0.05, 0) is 39.2 Å². The molecule has 1 heterocycles. The summed E-state index contributed by atoms with van der Waals surface area (Å²) < 4.78 is 4.82. The average Bonchev–Trinajstić information content (AvgIpc) is 2.16. The molecule has 1 saturated heterocycles. The average molecular weight is 199 g/mol. The summed E-state index contributed by atoms with van der Waals surface area (Å²) >= 11 is 0. The molecule has 0 radical (unpaired) electrons. The molecule has 0 spiro atoms. The van der Waals surface area contributed by atoms with Crippen LogP contribution in [0.15, 0.2) is 0 Å². The summed E-state index contributed by atoms with van der Waals surface area (Å²) in [4.78, 5) is 13.8. The van der Waals surface area contributed by atoms with Crippen molar-refractivity contribution in [3.05, 3.63) is 0 Å². The van der Waals surface area contributed by atoms with Crippen LogP contribution >= 0.6 is 0 Å². The van der Waals surface area contributed by atoms with Gasteiger partial charge in [-0.1, -0.05) is 6.92 Å². The van der Waals surface area contributed by atoms with E-state index >= 15 is 0 Å². The molecule has 0 N–H and O–H groups in total. The number of hydrogen-bond donors (Lipinski definition) is 0. The monoisotopic (exact) mass is 199 g/mol. The van der Waals surface area contributed by atoms with E-state index in [9.17, 15) is 4.79 Å². The van der Waals surface area contributed by atoms with Gasteiger partial charge < -0.3 is 4.74 Å². The second kappa shape index (κ2) is 4.30. The minimum Gasteiger partial charge on any atom is -0.468 e. The molecule has 1 fully saturated rings. The number of carbonyl (C=O) groups excluding carboxylic acids is 1. The van der Waals surface area contributed by atoms with E-state index in [1.807, 2.05) is 13.8 Å². The molecule has 1 aliphatic heterocycles. The number of hydrogen-bond acceptors (Lipinski definition) is 3. The fraction of sp³-hybridized carbons (Fsp3) is 0.909. The fourth-order valence-corrected chi connectivity index (χ4v) is 2.08. The van der Waals surface area contributed by atoms with Gasteiger partial charge in [0.1, 0.15) is 5.54 Å². The topological polar surface area (TPSA) is 29.5 Å². The van der Waals surface area contributed by atoms with E-state index in [0.29, 0.717) is 5.92 Å². The zero-order valence-corrected chi connectivity index (χ0v) is 9.67. The van der Waals surface area contributed by atoms with Gasteiger partial charge in [0.2, 0.25) is 0 Å². The predicted molar refractivity (Wildman–Crippen MR) is 56.1 cm³/mol. The van der Waals surface area contributed by atoms with E-state index in [-0.39, 0.29) is 5.97 Å². The first-order valence-corrected chi connectivity index (χ1v) is 5.32. The first-order chi connectivity index (χ1) is 6.48. The lowest BCUT2D eigenvalue weighted by Gasteiger charge is -2.40. The second-order valence-electron chi connectivity index (χ2n) is 4.74. The third-order valence-electron chi connectivity index (χ3n) is 3.13. The Morgan fingerprint density at radius 1 is 1.50 bits per heavy atom. The summed E-state index contributed by atoms with van der Waals surface area (Å²) in [7, 11) is 1.46. The molecule has 0 amide bonds. The van der Waals surface area contributed by atoms with Crippen LogP contribution in [0.5, 0.6) is 0 Å². The Morgan fingerprint density at radius 3 is 2.64 bits per heavy atom. The van der Waals surface area contributed by atoms with Crippen molar-refractivity contribution in [3.63, 3.8) is 0 Å². The Morgan fingerprint density at radius 2 is 2.14 bits per heavy atom. The van der Waals surface area contributed by atoms with E-state index in [2.05, 4.69) is 11.8 Å². The van der Waals surface area contributed by atoms with Crippen molar-refractivity contribution >= 4 is 5.97 Å². The highest BCUT2D eigenvalue weighted by Gasteiger charge is 2.37. The normalized spacial score (nSPS) is 24.7. The molecule has 82 valence electrons. The van der Waals surface area contributed by atoms with E-state index in [0.717, 1.165) is 13.1 Å². The van der Waals surface area contributed by atoms with Crippen LogP contribution in [-0.2, 0) is 9.53 Å². The Balaban J connectivity index is 2.66. The van der Waals surface area contributed by atoms with Gasteiger partial charge in [-0.15, -0.1) is 0 Å². The standard InChI is InChI=1S/C11H21NO2/c1-9-6-5-7-12(8-9)11(2,3)10(13)14-4/h9H,5-8H2,1-4H3. The number of piperidine rings is 1. The molecular weight excluding hydrogens is 178 g/mol. The third-order valence-corrected chi connectivity index (χ3v) is 3.13. The van der Waals surface area contributed by atoms with Crippen LogP contribution in [0.4, 0.5) is 0 Å². The van der Waals surface area contributed by atoms with Crippen LogP contribution < -0.4 is 0 Å². The molecule has 3 nitrogen and oxygen atoms in total. The van der Waals surface area contributed by atoms with Gasteiger partial charge >= 0.3 is 5.97 Å². The number of esters is 1. The first-order valence-electron chi connectivity index (χ1n) is 5.32. The number of nitrogens with zero attached hydrogens (tertiary/aromatic N) is 1. The van der Waals surface area contributed by atoms with E-state index < -0.39 is 5.54 Å².